The van der Waals surface area contributed by atoms with Crippen molar-refractivity contribution < 1.29 is 19.0 Å². The van der Waals surface area contributed by atoms with Crippen LogP contribution < -0.4 is 19.5 Å². The first kappa shape index (κ1) is 23.2. The molecule has 4 rings (SSSR count). The van der Waals surface area contributed by atoms with Crippen LogP contribution in [0.3, 0.4) is 0 Å². The highest BCUT2D eigenvalue weighted by atomic mass is 16.5. The second-order valence-corrected chi connectivity index (χ2v) is 8.24. The molecule has 0 radical (unpaired) electrons. The topological polar surface area (TPSA) is 72.6 Å². The highest BCUT2D eigenvalue weighted by molar-refractivity contribution is 5.85. The van der Waals surface area contributed by atoms with Gasteiger partial charge in [-0.05, 0) is 42.7 Å². The van der Waals surface area contributed by atoms with Gasteiger partial charge in [0.2, 0.25) is 0 Å². The Labute approximate surface area is 199 Å². The lowest BCUT2D eigenvalue weighted by Gasteiger charge is -2.22. The predicted molar refractivity (Wildman–Crippen MR) is 134 cm³/mol. The third-order valence-electron chi connectivity index (χ3n) is 6.07. The summed E-state index contributed by atoms with van der Waals surface area (Å²) in [5.74, 6) is 1.70. The van der Waals surface area contributed by atoms with E-state index in [1.54, 1.807) is 14.2 Å². The molecule has 1 aromatic heterocycles. The molecule has 1 unspecified atom stereocenters. The van der Waals surface area contributed by atoms with E-state index >= 15 is 0 Å². The quantitative estimate of drug-likeness (QED) is 0.365. The number of aromatic amines is 1. The van der Waals surface area contributed by atoms with Crippen LogP contribution in [0.5, 0.6) is 17.2 Å². The number of H-pyrrole nitrogens is 1. The zero-order chi connectivity index (χ0) is 24.1. The summed E-state index contributed by atoms with van der Waals surface area (Å²) in [6.45, 7) is 4.27. The maximum Gasteiger partial charge on any atom is 0.257 e. The third kappa shape index (κ3) is 4.71. The molecule has 2 N–H and O–H groups in total. The zero-order valence-corrected chi connectivity index (χ0v) is 20.0. The molecule has 0 spiro atoms. The fraction of sp³-hybridized carbons (Fsp3) is 0.250. The third-order valence-corrected chi connectivity index (χ3v) is 6.07. The van der Waals surface area contributed by atoms with Gasteiger partial charge in [-0.3, -0.25) is 4.79 Å². The number of hydrogen-bond donors (Lipinski definition) is 2. The van der Waals surface area contributed by atoms with Crippen molar-refractivity contribution in [3.05, 3.63) is 89.1 Å². The minimum Gasteiger partial charge on any atom is -0.493 e. The average molecular weight is 459 g/mol. The first-order valence-electron chi connectivity index (χ1n) is 11.3. The normalized spacial score (nSPS) is 11.8. The van der Waals surface area contributed by atoms with Crippen LogP contribution >= 0.6 is 0 Å². The molecule has 1 atom stereocenters. The van der Waals surface area contributed by atoms with Crippen molar-refractivity contribution in [3.8, 4) is 17.2 Å². The molecule has 34 heavy (non-hydrogen) atoms. The second kappa shape index (κ2) is 10.3. The van der Waals surface area contributed by atoms with Gasteiger partial charge >= 0.3 is 0 Å². The lowest BCUT2D eigenvalue weighted by Crippen LogP contribution is -2.33. The predicted octanol–water partition coefficient (Wildman–Crippen LogP) is 5.13. The Hall–Kier alpha value is -3.93. The van der Waals surface area contributed by atoms with Crippen LogP contribution in [0.15, 0.2) is 66.9 Å². The Bertz CT molecular complexity index is 1270. The van der Waals surface area contributed by atoms with Gasteiger partial charge in [-0.15, -0.1) is 0 Å². The number of carbonyl (C=O) groups is 1. The smallest absolute Gasteiger partial charge is 0.257 e. The molecule has 4 aromatic rings. The van der Waals surface area contributed by atoms with E-state index in [-0.39, 0.29) is 18.4 Å². The summed E-state index contributed by atoms with van der Waals surface area (Å²) in [4.78, 5) is 16.1. The van der Waals surface area contributed by atoms with Crippen molar-refractivity contribution in [1.29, 1.82) is 0 Å². The van der Waals surface area contributed by atoms with E-state index in [1.165, 1.54) is 0 Å². The van der Waals surface area contributed by atoms with E-state index in [4.69, 9.17) is 14.2 Å². The van der Waals surface area contributed by atoms with Crippen LogP contribution in [0, 0.1) is 13.8 Å². The zero-order valence-electron chi connectivity index (χ0n) is 20.0. The summed E-state index contributed by atoms with van der Waals surface area (Å²) < 4.78 is 17.1. The SMILES string of the molecule is COc1cccc(C(CNC(=O)COc2c(C)cccc2C)c2c[nH]c3ccccc23)c1OC. The summed E-state index contributed by atoms with van der Waals surface area (Å²) in [5, 5.41) is 4.15. The average Bonchev–Trinajstić information content (AvgIpc) is 3.27. The number of rotatable bonds is 9. The van der Waals surface area contributed by atoms with Gasteiger partial charge in [-0.1, -0.05) is 48.5 Å². The molecule has 0 aliphatic rings. The number of aromatic nitrogens is 1. The lowest BCUT2D eigenvalue weighted by molar-refractivity contribution is -0.123. The lowest BCUT2D eigenvalue weighted by atomic mass is 9.90. The molecule has 6 heteroatoms. The molecule has 0 saturated carbocycles. The van der Waals surface area contributed by atoms with Crippen LogP contribution in [0.4, 0.5) is 0 Å². The molecule has 3 aromatic carbocycles. The maximum atomic E-state index is 12.8. The van der Waals surface area contributed by atoms with E-state index < -0.39 is 0 Å². The van der Waals surface area contributed by atoms with Gasteiger partial charge in [-0.25, -0.2) is 0 Å². The number of fused-ring (bicyclic) bond motifs is 1. The molecule has 0 aliphatic carbocycles. The van der Waals surface area contributed by atoms with Gasteiger partial charge in [0.05, 0.1) is 14.2 Å². The number of aryl methyl sites for hydroxylation is 2. The van der Waals surface area contributed by atoms with E-state index in [0.29, 0.717) is 18.0 Å². The van der Waals surface area contributed by atoms with E-state index in [9.17, 15) is 4.79 Å². The summed E-state index contributed by atoms with van der Waals surface area (Å²) in [7, 11) is 3.25. The van der Waals surface area contributed by atoms with Crippen molar-refractivity contribution in [2.45, 2.75) is 19.8 Å². The number of ether oxygens (including phenoxy) is 3. The summed E-state index contributed by atoms with van der Waals surface area (Å²) in [5.41, 5.74) is 5.05. The second-order valence-electron chi connectivity index (χ2n) is 8.24. The minimum atomic E-state index is -0.186. The van der Waals surface area contributed by atoms with Gasteiger partial charge < -0.3 is 24.5 Å². The highest BCUT2D eigenvalue weighted by Crippen LogP contribution is 2.40. The number of nitrogens with one attached hydrogen (secondary N) is 2. The van der Waals surface area contributed by atoms with Crippen molar-refractivity contribution in [2.24, 2.45) is 0 Å². The largest absolute Gasteiger partial charge is 0.493 e. The fourth-order valence-electron chi connectivity index (χ4n) is 4.39. The molecule has 0 bridgehead atoms. The van der Waals surface area contributed by atoms with Crippen molar-refractivity contribution in [2.75, 3.05) is 27.4 Å². The molecule has 1 amide bonds. The van der Waals surface area contributed by atoms with Crippen molar-refractivity contribution in [3.63, 3.8) is 0 Å². The van der Waals surface area contributed by atoms with Gasteiger partial charge in [0.25, 0.3) is 5.91 Å². The number of methoxy groups -OCH3 is 2. The molecule has 0 aliphatic heterocycles. The number of amides is 1. The number of carbonyl (C=O) groups excluding carboxylic acids is 1. The van der Waals surface area contributed by atoms with Gasteiger partial charge in [-0.2, -0.15) is 0 Å². The molecule has 1 heterocycles. The monoisotopic (exact) mass is 458 g/mol. The first-order chi connectivity index (χ1) is 16.5. The van der Waals surface area contributed by atoms with Gasteiger partial charge in [0.15, 0.2) is 18.1 Å². The maximum absolute atomic E-state index is 12.8. The minimum absolute atomic E-state index is 0.0540. The fourth-order valence-corrected chi connectivity index (χ4v) is 4.39. The Morgan fingerprint density at radius 2 is 1.62 bits per heavy atom. The summed E-state index contributed by atoms with van der Waals surface area (Å²) >= 11 is 0. The molecule has 176 valence electrons. The van der Waals surface area contributed by atoms with Crippen molar-refractivity contribution >= 4 is 16.8 Å². The van der Waals surface area contributed by atoms with Crippen LogP contribution in [0.25, 0.3) is 10.9 Å². The Morgan fingerprint density at radius 3 is 2.35 bits per heavy atom. The molecule has 6 nitrogen and oxygen atoms in total. The Morgan fingerprint density at radius 1 is 0.882 bits per heavy atom. The van der Waals surface area contributed by atoms with Crippen LogP contribution in [-0.4, -0.2) is 38.3 Å². The summed E-state index contributed by atoms with van der Waals surface area (Å²) in [6, 6.07) is 19.9. The van der Waals surface area contributed by atoms with Crippen LogP contribution in [0.1, 0.15) is 28.2 Å². The number of para-hydroxylation sites is 3. The van der Waals surface area contributed by atoms with Crippen LogP contribution in [0.2, 0.25) is 0 Å². The highest BCUT2D eigenvalue weighted by Gasteiger charge is 2.24. The van der Waals surface area contributed by atoms with E-state index in [0.717, 1.165) is 38.9 Å². The standard InChI is InChI=1S/C28H30N2O4/c1-18-9-7-10-19(2)27(18)34-17-26(31)30-16-23(21-12-8-14-25(32-3)28(21)33-4)22-15-29-24-13-6-5-11-20(22)24/h5-15,23,29H,16-17H2,1-4H3,(H,30,31). The van der Waals surface area contributed by atoms with Crippen molar-refractivity contribution in [1.82, 2.24) is 10.3 Å². The van der Waals surface area contributed by atoms with Crippen LogP contribution in [-0.2, 0) is 4.79 Å². The molecular weight excluding hydrogens is 428 g/mol. The molecule has 0 fully saturated rings. The summed E-state index contributed by atoms with van der Waals surface area (Å²) in [6.07, 6.45) is 1.99. The molecular formula is C28H30N2O4. The van der Waals surface area contributed by atoms with E-state index in [1.807, 2.05) is 74.6 Å². The first-order valence-corrected chi connectivity index (χ1v) is 11.3. The number of benzene rings is 3. The Balaban J connectivity index is 1.60. The number of hydrogen-bond acceptors (Lipinski definition) is 4. The Kier molecular flexibility index (Phi) is 7.07. The van der Waals surface area contributed by atoms with Gasteiger partial charge in [0.1, 0.15) is 5.75 Å². The van der Waals surface area contributed by atoms with Gasteiger partial charge in [0, 0.05) is 35.1 Å². The molecule has 0 saturated heterocycles. The van der Waals surface area contributed by atoms with E-state index in [2.05, 4.69) is 16.4 Å².